The summed E-state index contributed by atoms with van der Waals surface area (Å²) in [6.07, 6.45) is 2.30. The second-order valence-electron chi connectivity index (χ2n) is 5.48. The molecule has 19 heavy (non-hydrogen) atoms. The van der Waals surface area contributed by atoms with E-state index >= 15 is 0 Å². The van der Waals surface area contributed by atoms with Crippen molar-refractivity contribution in [1.29, 1.82) is 0 Å². The highest BCUT2D eigenvalue weighted by Crippen LogP contribution is 2.37. The first-order valence-electron chi connectivity index (χ1n) is 6.95. The van der Waals surface area contributed by atoms with E-state index in [1.807, 2.05) is 0 Å². The summed E-state index contributed by atoms with van der Waals surface area (Å²) in [4.78, 5) is 0. The molecule has 1 aliphatic heterocycles. The molecule has 0 aliphatic carbocycles. The minimum atomic E-state index is 1.01. The summed E-state index contributed by atoms with van der Waals surface area (Å²) >= 11 is 0. The summed E-state index contributed by atoms with van der Waals surface area (Å²) in [6, 6.07) is 11.1. The molecule has 0 amide bonds. The molecule has 0 fully saturated rings. The first kappa shape index (κ1) is 12.2. The van der Waals surface area contributed by atoms with Crippen molar-refractivity contribution < 1.29 is 4.58 Å². The van der Waals surface area contributed by atoms with Crippen LogP contribution in [-0.4, -0.2) is 16.8 Å². The van der Waals surface area contributed by atoms with E-state index in [1.54, 1.807) is 0 Å². The molecular formula is C18H20N+. The lowest BCUT2D eigenvalue weighted by Crippen LogP contribution is -2.11. The maximum Gasteiger partial charge on any atom is 0.214 e. The van der Waals surface area contributed by atoms with Gasteiger partial charge in [-0.1, -0.05) is 23.8 Å². The monoisotopic (exact) mass is 250 g/mol. The number of nitrogens with zero attached hydrogens (tertiary/aromatic N) is 1. The van der Waals surface area contributed by atoms with Crippen LogP contribution >= 0.6 is 0 Å². The van der Waals surface area contributed by atoms with Gasteiger partial charge in [0.1, 0.15) is 6.54 Å². The number of hydrogen-bond acceptors (Lipinski definition) is 0. The minimum absolute atomic E-state index is 1.01. The van der Waals surface area contributed by atoms with Gasteiger partial charge in [-0.2, -0.15) is 4.58 Å². The molecule has 1 nitrogen and oxygen atoms in total. The molecule has 2 aromatic carbocycles. The third-order valence-electron chi connectivity index (χ3n) is 3.84. The highest BCUT2D eigenvalue weighted by molar-refractivity contribution is 6.20. The van der Waals surface area contributed by atoms with Crippen LogP contribution in [0.15, 0.2) is 42.0 Å². The van der Waals surface area contributed by atoms with Crippen LogP contribution in [0.1, 0.15) is 31.9 Å². The van der Waals surface area contributed by atoms with Crippen LogP contribution in [0.2, 0.25) is 0 Å². The van der Waals surface area contributed by atoms with Gasteiger partial charge in [0.25, 0.3) is 0 Å². The van der Waals surface area contributed by atoms with E-state index in [2.05, 4.69) is 68.7 Å². The fourth-order valence-corrected chi connectivity index (χ4v) is 3.02. The lowest BCUT2D eigenvalue weighted by atomic mass is 9.98. The van der Waals surface area contributed by atoms with Crippen molar-refractivity contribution in [3.05, 3.63) is 53.1 Å². The van der Waals surface area contributed by atoms with E-state index in [-0.39, 0.29) is 0 Å². The number of rotatable bonds is 2. The molecule has 0 unspecified atom stereocenters. The summed E-state index contributed by atoms with van der Waals surface area (Å²) in [5, 5.41) is 2.79. The summed E-state index contributed by atoms with van der Waals surface area (Å²) < 4.78 is 2.42. The predicted octanol–water partition coefficient (Wildman–Crippen LogP) is 4.58. The molecule has 0 atom stereocenters. The third kappa shape index (κ3) is 1.73. The maximum absolute atomic E-state index is 2.42. The first-order valence-corrected chi connectivity index (χ1v) is 6.95. The van der Waals surface area contributed by atoms with Gasteiger partial charge in [0.05, 0.1) is 10.9 Å². The van der Waals surface area contributed by atoms with Gasteiger partial charge in [-0.15, -0.1) is 0 Å². The van der Waals surface area contributed by atoms with Crippen LogP contribution in [0.5, 0.6) is 0 Å². The van der Waals surface area contributed by atoms with E-state index < -0.39 is 0 Å². The number of hydrogen-bond donors (Lipinski definition) is 0. The van der Waals surface area contributed by atoms with Gasteiger partial charge < -0.3 is 0 Å². The van der Waals surface area contributed by atoms with E-state index in [0.717, 1.165) is 6.54 Å². The highest BCUT2D eigenvalue weighted by atomic mass is 15.0. The van der Waals surface area contributed by atoms with Gasteiger partial charge in [-0.3, -0.25) is 0 Å². The number of benzene rings is 2. The molecule has 0 aromatic heterocycles. The molecule has 0 bridgehead atoms. The van der Waals surface area contributed by atoms with Crippen LogP contribution in [0.3, 0.4) is 0 Å². The Morgan fingerprint density at radius 2 is 1.95 bits per heavy atom. The Bertz CT molecular complexity index is 729. The zero-order valence-electron chi connectivity index (χ0n) is 12.1. The standard InChI is InChI=1S/C18H20N/c1-5-19-16-10-9-13(4)14-7-6-8-15(18(14)16)17(19)11-12(2)3/h6-11H,5H2,1-4H3/q+1. The van der Waals surface area contributed by atoms with Crippen molar-refractivity contribution in [3.8, 4) is 0 Å². The Kier molecular flexibility index (Phi) is 2.78. The Balaban J connectivity index is 2.42. The van der Waals surface area contributed by atoms with Gasteiger partial charge >= 0.3 is 0 Å². The fraction of sp³-hybridized carbons (Fsp3) is 0.278. The average Bonchev–Trinajstić information content (AvgIpc) is 2.68. The second kappa shape index (κ2) is 4.34. The molecule has 3 rings (SSSR count). The third-order valence-corrected chi connectivity index (χ3v) is 3.84. The zero-order chi connectivity index (χ0) is 13.6. The Labute approximate surface area is 114 Å². The molecule has 1 aliphatic rings. The van der Waals surface area contributed by atoms with E-state index in [4.69, 9.17) is 0 Å². The SMILES string of the molecule is CC[N+]1=C(C=C(C)C)c2cccc3c(C)ccc1c23. The Hall–Kier alpha value is -1.89. The van der Waals surface area contributed by atoms with Crippen molar-refractivity contribution in [2.45, 2.75) is 27.7 Å². The quantitative estimate of drug-likeness (QED) is 0.686. The van der Waals surface area contributed by atoms with Crippen LogP contribution < -0.4 is 0 Å². The summed E-state index contributed by atoms with van der Waals surface area (Å²) in [5.41, 5.74) is 6.77. The molecule has 0 N–H and O–H groups in total. The van der Waals surface area contributed by atoms with Crippen molar-refractivity contribution >= 4 is 22.2 Å². The number of allylic oxidation sites excluding steroid dienone is 2. The van der Waals surface area contributed by atoms with Crippen LogP contribution in [0.25, 0.3) is 10.8 Å². The van der Waals surface area contributed by atoms with Crippen LogP contribution in [0, 0.1) is 6.92 Å². The Morgan fingerprint density at radius 3 is 2.63 bits per heavy atom. The van der Waals surface area contributed by atoms with Gasteiger partial charge in [0.2, 0.25) is 11.4 Å². The van der Waals surface area contributed by atoms with Gasteiger partial charge in [0, 0.05) is 12.1 Å². The van der Waals surface area contributed by atoms with Crippen LogP contribution in [0.4, 0.5) is 5.69 Å². The first-order chi connectivity index (χ1) is 9.13. The van der Waals surface area contributed by atoms with Crippen molar-refractivity contribution in [3.63, 3.8) is 0 Å². The smallest absolute Gasteiger partial charge is 0.192 e. The highest BCUT2D eigenvalue weighted by Gasteiger charge is 2.29. The van der Waals surface area contributed by atoms with Gasteiger partial charge in [-0.05, 0) is 44.7 Å². The molecule has 0 saturated heterocycles. The van der Waals surface area contributed by atoms with E-state index in [9.17, 15) is 0 Å². The van der Waals surface area contributed by atoms with E-state index in [1.165, 1.54) is 38.9 Å². The van der Waals surface area contributed by atoms with Crippen molar-refractivity contribution in [1.82, 2.24) is 0 Å². The molecule has 96 valence electrons. The largest absolute Gasteiger partial charge is 0.214 e. The summed E-state index contributed by atoms with van der Waals surface area (Å²) in [6.45, 7) is 9.74. The van der Waals surface area contributed by atoms with Crippen LogP contribution in [-0.2, 0) is 0 Å². The molecule has 1 heteroatoms. The lowest BCUT2D eigenvalue weighted by molar-refractivity contribution is -0.430. The zero-order valence-corrected chi connectivity index (χ0v) is 12.1. The number of aryl methyl sites for hydroxylation is 1. The minimum Gasteiger partial charge on any atom is -0.192 e. The van der Waals surface area contributed by atoms with Gasteiger partial charge in [0.15, 0.2) is 0 Å². The summed E-state index contributed by atoms with van der Waals surface area (Å²) in [5.74, 6) is 0. The molecule has 0 saturated carbocycles. The maximum atomic E-state index is 2.42. The molecule has 1 heterocycles. The lowest BCUT2D eigenvalue weighted by Gasteiger charge is -2.01. The van der Waals surface area contributed by atoms with E-state index in [0.29, 0.717) is 0 Å². The second-order valence-corrected chi connectivity index (χ2v) is 5.48. The fourth-order valence-electron chi connectivity index (χ4n) is 3.02. The van der Waals surface area contributed by atoms with Crippen molar-refractivity contribution in [2.24, 2.45) is 0 Å². The average molecular weight is 250 g/mol. The molecule has 0 radical (unpaired) electrons. The van der Waals surface area contributed by atoms with Crippen molar-refractivity contribution in [2.75, 3.05) is 6.54 Å². The Morgan fingerprint density at radius 1 is 1.16 bits per heavy atom. The van der Waals surface area contributed by atoms with Gasteiger partial charge in [-0.25, -0.2) is 0 Å². The molecular weight excluding hydrogens is 230 g/mol. The molecule has 0 spiro atoms. The predicted molar refractivity (Wildman–Crippen MR) is 82.7 cm³/mol. The normalized spacial score (nSPS) is 13.3. The molecule has 2 aromatic rings. The topological polar surface area (TPSA) is 3.01 Å². The summed E-state index contributed by atoms with van der Waals surface area (Å²) in [7, 11) is 0.